The van der Waals surface area contributed by atoms with Crippen LogP contribution in [-0.4, -0.2) is 12.6 Å². The fraction of sp³-hybridized carbons (Fsp3) is 0.227. The summed E-state index contributed by atoms with van der Waals surface area (Å²) in [6.45, 7) is 6.56. The van der Waals surface area contributed by atoms with Gasteiger partial charge in [0.1, 0.15) is 0 Å². The summed E-state index contributed by atoms with van der Waals surface area (Å²) < 4.78 is 0. The largest absolute Gasteiger partial charge is 0.366 e. The molecule has 0 saturated carbocycles. The first-order valence-corrected chi connectivity index (χ1v) is 8.65. The smallest absolute Gasteiger partial charge is 0.0998 e. The molecule has 2 aromatic rings. The zero-order chi connectivity index (χ0) is 18.2. The van der Waals surface area contributed by atoms with Crippen LogP contribution in [0.3, 0.4) is 0 Å². The van der Waals surface area contributed by atoms with Crippen molar-refractivity contribution in [3.8, 4) is 6.07 Å². The summed E-state index contributed by atoms with van der Waals surface area (Å²) in [4.78, 5) is 2.28. The molecule has 3 heteroatoms. The van der Waals surface area contributed by atoms with Crippen LogP contribution in [0.2, 0.25) is 5.02 Å². The van der Waals surface area contributed by atoms with Crippen LogP contribution in [0.4, 0.5) is 5.69 Å². The number of benzene rings is 2. The van der Waals surface area contributed by atoms with Crippen LogP contribution in [-0.2, 0) is 0 Å². The molecule has 0 atom stereocenters. The van der Waals surface area contributed by atoms with Gasteiger partial charge in [-0.1, -0.05) is 35.9 Å². The van der Waals surface area contributed by atoms with E-state index in [1.807, 2.05) is 30.3 Å². The Balaban J connectivity index is 2.06. The third-order valence-corrected chi connectivity index (χ3v) is 5.04. The van der Waals surface area contributed by atoms with Crippen LogP contribution >= 0.6 is 11.6 Å². The summed E-state index contributed by atoms with van der Waals surface area (Å²) in [6.07, 6.45) is 4.20. The lowest BCUT2D eigenvalue weighted by atomic mass is 9.88. The Kier molecular flexibility index (Phi) is 4.45. The molecule has 25 heavy (non-hydrogen) atoms. The van der Waals surface area contributed by atoms with Gasteiger partial charge in [-0.25, -0.2) is 0 Å². The van der Waals surface area contributed by atoms with Crippen molar-refractivity contribution >= 4 is 34.5 Å². The molecule has 1 heterocycles. The molecule has 2 aromatic carbocycles. The van der Waals surface area contributed by atoms with Gasteiger partial charge in [0.05, 0.1) is 17.2 Å². The fourth-order valence-electron chi connectivity index (χ4n) is 3.27. The maximum absolute atomic E-state index is 9.55. The second kappa shape index (κ2) is 6.43. The first kappa shape index (κ1) is 17.3. The Morgan fingerprint density at radius 3 is 2.64 bits per heavy atom. The van der Waals surface area contributed by atoms with Crippen LogP contribution in [0.5, 0.6) is 0 Å². The van der Waals surface area contributed by atoms with Gasteiger partial charge in [-0.3, -0.25) is 0 Å². The number of nitriles is 1. The third kappa shape index (κ3) is 3.34. The summed E-state index contributed by atoms with van der Waals surface area (Å²) in [6, 6.07) is 16.0. The monoisotopic (exact) mass is 348 g/mol. The van der Waals surface area contributed by atoms with Crippen molar-refractivity contribution in [2.45, 2.75) is 26.3 Å². The highest BCUT2D eigenvalue weighted by Gasteiger charge is 2.28. The number of likely N-dealkylation sites (N-methyl/N-ethyl adjacent to an activating group) is 1. The van der Waals surface area contributed by atoms with Crippen molar-refractivity contribution < 1.29 is 0 Å². The molecule has 0 radical (unpaired) electrons. The molecule has 1 aliphatic rings. The van der Waals surface area contributed by atoms with Crippen molar-refractivity contribution in [2.75, 3.05) is 11.9 Å². The highest BCUT2D eigenvalue weighted by atomic mass is 35.5. The number of nitrogens with zero attached hydrogens (tertiary/aromatic N) is 2. The van der Waals surface area contributed by atoms with E-state index >= 15 is 0 Å². The Morgan fingerprint density at radius 1 is 1.20 bits per heavy atom. The molecule has 0 unspecified atom stereocenters. The summed E-state index contributed by atoms with van der Waals surface area (Å²) in [5.41, 5.74) is 6.12. The fourth-order valence-corrected chi connectivity index (χ4v) is 3.46. The van der Waals surface area contributed by atoms with Crippen molar-refractivity contribution in [1.82, 2.24) is 0 Å². The first-order valence-electron chi connectivity index (χ1n) is 8.27. The predicted molar refractivity (Wildman–Crippen MR) is 108 cm³/mol. The van der Waals surface area contributed by atoms with E-state index < -0.39 is 0 Å². The van der Waals surface area contributed by atoms with E-state index in [4.69, 9.17) is 11.6 Å². The SMILES string of the molecule is CC1=CC(C)(C)N(C)c2ccc(/C=C(\C#N)c3cccc(Cl)c3)cc21. The number of allylic oxidation sites excluding steroid dienone is 2. The number of hydrogen-bond donors (Lipinski definition) is 0. The van der Waals surface area contributed by atoms with Gasteiger partial charge in [0.2, 0.25) is 0 Å². The van der Waals surface area contributed by atoms with Gasteiger partial charge in [0, 0.05) is 23.3 Å². The molecule has 0 N–H and O–H groups in total. The average molecular weight is 349 g/mol. The molecule has 1 aliphatic heterocycles. The highest BCUT2D eigenvalue weighted by Crippen LogP contribution is 2.38. The van der Waals surface area contributed by atoms with E-state index in [1.165, 1.54) is 16.8 Å². The molecule has 0 amide bonds. The van der Waals surface area contributed by atoms with Crippen molar-refractivity contribution in [1.29, 1.82) is 5.26 Å². The van der Waals surface area contributed by atoms with E-state index in [2.05, 4.69) is 63.1 Å². The predicted octanol–water partition coefficient (Wildman–Crippen LogP) is 6.04. The van der Waals surface area contributed by atoms with Crippen LogP contribution in [0.15, 0.2) is 48.5 Å². The minimum Gasteiger partial charge on any atom is -0.366 e. The maximum atomic E-state index is 9.55. The van der Waals surface area contributed by atoms with Crippen molar-refractivity contribution in [3.63, 3.8) is 0 Å². The minimum absolute atomic E-state index is 0.00690. The topological polar surface area (TPSA) is 27.0 Å². The lowest BCUT2D eigenvalue weighted by molar-refractivity contribution is 0.598. The molecule has 0 aliphatic carbocycles. The van der Waals surface area contributed by atoms with Gasteiger partial charge >= 0.3 is 0 Å². The number of halogens is 1. The number of fused-ring (bicyclic) bond motifs is 1. The second-order valence-electron chi connectivity index (χ2n) is 7.00. The summed E-state index contributed by atoms with van der Waals surface area (Å²) in [7, 11) is 2.12. The third-order valence-electron chi connectivity index (χ3n) is 4.81. The molecule has 2 nitrogen and oxygen atoms in total. The molecule has 0 fully saturated rings. The number of hydrogen-bond acceptors (Lipinski definition) is 2. The molecule has 0 aromatic heterocycles. The Bertz CT molecular complexity index is 929. The first-order chi connectivity index (χ1) is 11.8. The van der Waals surface area contributed by atoms with Crippen molar-refractivity contribution in [3.05, 3.63) is 70.3 Å². The van der Waals surface area contributed by atoms with E-state index in [9.17, 15) is 5.26 Å². The second-order valence-corrected chi connectivity index (χ2v) is 7.43. The Morgan fingerprint density at radius 2 is 1.96 bits per heavy atom. The van der Waals surface area contributed by atoms with Gasteiger partial charge in [-0.2, -0.15) is 5.26 Å². The highest BCUT2D eigenvalue weighted by molar-refractivity contribution is 6.30. The Labute approximate surface area is 154 Å². The van der Waals surface area contributed by atoms with E-state index in [0.717, 1.165) is 11.1 Å². The van der Waals surface area contributed by atoms with Crippen LogP contribution in [0.1, 0.15) is 37.5 Å². The van der Waals surface area contributed by atoms with E-state index in [1.54, 1.807) is 0 Å². The van der Waals surface area contributed by atoms with Gasteiger partial charge in [0.15, 0.2) is 0 Å². The maximum Gasteiger partial charge on any atom is 0.0998 e. The summed E-state index contributed by atoms with van der Waals surface area (Å²) in [5, 5.41) is 10.2. The van der Waals surface area contributed by atoms with E-state index in [-0.39, 0.29) is 5.54 Å². The van der Waals surface area contributed by atoms with Crippen LogP contribution < -0.4 is 4.90 Å². The van der Waals surface area contributed by atoms with E-state index in [0.29, 0.717) is 10.6 Å². The van der Waals surface area contributed by atoms with Gasteiger partial charge in [-0.15, -0.1) is 0 Å². The zero-order valence-electron chi connectivity index (χ0n) is 15.0. The lowest BCUT2D eigenvalue weighted by Crippen LogP contribution is -2.42. The molecule has 0 bridgehead atoms. The zero-order valence-corrected chi connectivity index (χ0v) is 15.7. The molecule has 3 rings (SSSR count). The number of rotatable bonds is 2. The minimum atomic E-state index is -0.00690. The average Bonchev–Trinajstić information content (AvgIpc) is 2.57. The van der Waals surface area contributed by atoms with Crippen molar-refractivity contribution in [2.24, 2.45) is 0 Å². The summed E-state index contributed by atoms with van der Waals surface area (Å²) >= 11 is 6.06. The molecule has 0 spiro atoms. The molecular weight excluding hydrogens is 328 g/mol. The van der Waals surface area contributed by atoms with Gasteiger partial charge in [-0.05, 0) is 67.8 Å². The molecule has 0 saturated heterocycles. The van der Waals surface area contributed by atoms with Crippen LogP contribution in [0.25, 0.3) is 17.2 Å². The molecule has 126 valence electrons. The van der Waals surface area contributed by atoms with Gasteiger partial charge < -0.3 is 4.90 Å². The Hall–Kier alpha value is -2.50. The van der Waals surface area contributed by atoms with Crippen LogP contribution in [0, 0.1) is 11.3 Å². The summed E-state index contributed by atoms with van der Waals surface area (Å²) in [5.74, 6) is 0. The standard InChI is InChI=1S/C22H21ClN2/c1-15-13-22(2,3)25(4)21-9-8-16(11-20(15)21)10-18(14-24)17-6-5-7-19(23)12-17/h5-13H,1-4H3/b18-10+. The van der Waals surface area contributed by atoms with Gasteiger partial charge in [0.25, 0.3) is 0 Å². The normalized spacial score (nSPS) is 16.1. The molecular formula is C22H21ClN2. The quantitative estimate of drug-likeness (QED) is 0.489. The lowest BCUT2D eigenvalue weighted by Gasteiger charge is -2.40. The number of anilines is 1.